The average Bonchev–Trinajstić information content (AvgIpc) is 3.68. The Kier molecular flexibility index (Phi) is 9.79. The quantitative estimate of drug-likeness (QED) is 0.108. The van der Waals surface area contributed by atoms with Crippen molar-refractivity contribution in [1.82, 2.24) is 15.0 Å². The van der Waals surface area contributed by atoms with E-state index in [0.717, 1.165) is 72.3 Å². The van der Waals surface area contributed by atoms with E-state index in [4.69, 9.17) is 21.5 Å². The molecule has 1 atom stereocenters. The second kappa shape index (κ2) is 16.2. The summed E-state index contributed by atoms with van der Waals surface area (Å²) < 4.78 is 0. The van der Waals surface area contributed by atoms with Crippen molar-refractivity contribution in [1.29, 1.82) is 0 Å². The Bertz CT molecular complexity index is 3380. The van der Waals surface area contributed by atoms with Gasteiger partial charge in [0.1, 0.15) is 0 Å². The summed E-state index contributed by atoms with van der Waals surface area (Å²) in [5.74, 6) is 0.688. The summed E-state index contributed by atoms with van der Waals surface area (Å²) in [4.78, 5) is 15.7. The summed E-state index contributed by atoms with van der Waals surface area (Å²) >= 11 is 0. The molecule has 302 valence electrons. The van der Waals surface area contributed by atoms with E-state index in [1.807, 2.05) is 43.3 Å². The highest BCUT2D eigenvalue weighted by Gasteiger charge is 2.47. The maximum atomic E-state index is 5.54. The molecule has 0 N–H and O–H groups in total. The molecule has 0 fully saturated rings. The largest absolute Gasteiger partial charge is 0.247 e. The number of hydrogen-bond donors (Lipinski definition) is 0. The molecule has 3 heteroatoms. The molecule has 3 nitrogen and oxygen atoms in total. The summed E-state index contributed by atoms with van der Waals surface area (Å²) in [5.41, 5.74) is 16.4. The molecule has 2 aromatic heterocycles. The number of pyridine rings is 1. The summed E-state index contributed by atoms with van der Waals surface area (Å²) in [7, 11) is 0. The fraction of sp³-hybridized carbons (Fsp3) is 0.0328. The van der Waals surface area contributed by atoms with Crippen LogP contribution in [0.1, 0.15) is 23.6 Å². The van der Waals surface area contributed by atoms with Gasteiger partial charge in [-0.15, -0.1) is 0 Å². The summed E-state index contributed by atoms with van der Waals surface area (Å²) in [6, 6.07) is 73.0. The first-order chi connectivity index (χ1) is 31.6. The Labute approximate surface area is 374 Å². The first kappa shape index (κ1) is 38.6. The van der Waals surface area contributed by atoms with Gasteiger partial charge in [-0.2, -0.15) is 0 Å². The lowest BCUT2D eigenvalue weighted by Gasteiger charge is -2.34. The van der Waals surface area contributed by atoms with Crippen LogP contribution >= 0.6 is 0 Å². The van der Waals surface area contributed by atoms with E-state index in [1.165, 1.54) is 33.2 Å². The van der Waals surface area contributed by atoms with E-state index in [1.54, 1.807) is 0 Å². The maximum absolute atomic E-state index is 5.54. The zero-order chi connectivity index (χ0) is 43.0. The van der Waals surface area contributed by atoms with Crippen molar-refractivity contribution in [3.05, 3.63) is 259 Å². The third-order valence-electron chi connectivity index (χ3n) is 12.6. The lowest BCUT2D eigenvalue weighted by molar-refractivity contribution is 0.771. The number of rotatable bonds is 9. The second-order valence-corrected chi connectivity index (χ2v) is 16.3. The zero-order valence-electron chi connectivity index (χ0n) is 35.5. The normalized spacial score (nSPS) is 14.3. The van der Waals surface area contributed by atoms with Gasteiger partial charge in [-0.3, -0.25) is 0 Å². The summed E-state index contributed by atoms with van der Waals surface area (Å²) in [6.45, 7) is 6.87. The van der Waals surface area contributed by atoms with Crippen molar-refractivity contribution in [2.75, 3.05) is 0 Å². The number of para-hydroxylation sites is 1. The molecule has 1 aliphatic rings. The smallest absolute Gasteiger partial charge is 0.160 e. The fourth-order valence-electron chi connectivity index (χ4n) is 9.71. The molecule has 0 spiro atoms. The third kappa shape index (κ3) is 6.49. The molecule has 2 heterocycles. The molecule has 10 aromatic rings. The molecule has 1 unspecified atom stereocenters. The number of allylic oxidation sites excluding steroid dienone is 5. The SMILES string of the molecule is C=C(/C=C\C=C/C)C1(c2ccccc2)c2ccccc2-c2c1ccc1c2c(-c2cccc(-c3ccc(-c4nc(-c5ccccc5)cc(-c5ccccc5)n4)cc3)c2)nc2ccccc21. The van der Waals surface area contributed by atoms with Gasteiger partial charge >= 0.3 is 0 Å². The number of fused-ring (bicyclic) bond motifs is 7. The molecule has 0 saturated carbocycles. The van der Waals surface area contributed by atoms with Gasteiger partial charge in [0, 0.05) is 33.0 Å². The van der Waals surface area contributed by atoms with Crippen molar-refractivity contribution in [2.24, 2.45) is 0 Å². The van der Waals surface area contributed by atoms with Crippen molar-refractivity contribution < 1.29 is 0 Å². The molecule has 11 rings (SSSR count). The molecule has 0 radical (unpaired) electrons. The van der Waals surface area contributed by atoms with Gasteiger partial charge in [-0.25, -0.2) is 15.0 Å². The molecule has 0 aliphatic heterocycles. The number of benzene rings is 8. The van der Waals surface area contributed by atoms with Crippen LogP contribution in [0.3, 0.4) is 0 Å². The highest BCUT2D eigenvalue weighted by Crippen LogP contribution is 2.59. The Morgan fingerprint density at radius 2 is 1.08 bits per heavy atom. The molecule has 8 aromatic carbocycles. The maximum Gasteiger partial charge on any atom is 0.160 e. The number of hydrogen-bond acceptors (Lipinski definition) is 3. The molecule has 1 aliphatic carbocycles. The van der Waals surface area contributed by atoms with Crippen LogP contribution in [0.2, 0.25) is 0 Å². The van der Waals surface area contributed by atoms with Crippen molar-refractivity contribution in [3.63, 3.8) is 0 Å². The topological polar surface area (TPSA) is 38.7 Å². The minimum atomic E-state index is -0.613. The third-order valence-corrected chi connectivity index (χ3v) is 12.6. The Hall–Kier alpha value is -8.27. The van der Waals surface area contributed by atoms with Crippen LogP contribution in [-0.4, -0.2) is 15.0 Å². The van der Waals surface area contributed by atoms with Crippen molar-refractivity contribution in [3.8, 4) is 67.4 Å². The van der Waals surface area contributed by atoms with Crippen molar-refractivity contribution in [2.45, 2.75) is 12.3 Å². The molecular formula is C61H43N3. The van der Waals surface area contributed by atoms with Gasteiger partial charge in [-0.1, -0.05) is 219 Å². The van der Waals surface area contributed by atoms with E-state index in [0.29, 0.717) is 5.82 Å². The molecule has 64 heavy (non-hydrogen) atoms. The molecule has 0 bridgehead atoms. The predicted molar refractivity (Wildman–Crippen MR) is 267 cm³/mol. The lowest BCUT2D eigenvalue weighted by atomic mass is 9.67. The summed E-state index contributed by atoms with van der Waals surface area (Å²) in [6.07, 6.45) is 8.39. The van der Waals surface area contributed by atoms with Crippen LogP contribution in [-0.2, 0) is 5.41 Å². The molecule has 0 amide bonds. The number of aromatic nitrogens is 3. The fourth-order valence-corrected chi connectivity index (χ4v) is 9.71. The highest BCUT2D eigenvalue weighted by molar-refractivity contribution is 6.18. The first-order valence-electron chi connectivity index (χ1n) is 21.8. The van der Waals surface area contributed by atoms with E-state index in [2.05, 4.69) is 194 Å². The van der Waals surface area contributed by atoms with Crippen LogP contribution in [0.5, 0.6) is 0 Å². The van der Waals surface area contributed by atoms with Crippen LogP contribution < -0.4 is 0 Å². The van der Waals surface area contributed by atoms with Gasteiger partial charge in [0.2, 0.25) is 0 Å². The van der Waals surface area contributed by atoms with Crippen LogP contribution in [0.25, 0.3) is 89.1 Å². The number of nitrogens with zero attached hydrogens (tertiary/aromatic N) is 3. The average molecular weight is 818 g/mol. The zero-order valence-corrected chi connectivity index (χ0v) is 35.5. The van der Waals surface area contributed by atoms with Crippen molar-refractivity contribution >= 4 is 21.7 Å². The molecule has 0 saturated heterocycles. The van der Waals surface area contributed by atoms with Gasteiger partial charge in [0.25, 0.3) is 0 Å². The van der Waals surface area contributed by atoms with Gasteiger partial charge in [0.05, 0.1) is 28.0 Å². The van der Waals surface area contributed by atoms with Gasteiger partial charge in [-0.05, 0) is 75.0 Å². The highest BCUT2D eigenvalue weighted by atomic mass is 14.9. The van der Waals surface area contributed by atoms with E-state index in [-0.39, 0.29) is 0 Å². The van der Waals surface area contributed by atoms with E-state index in [9.17, 15) is 0 Å². The van der Waals surface area contributed by atoms with Crippen LogP contribution in [0, 0.1) is 0 Å². The molecular weight excluding hydrogens is 775 g/mol. The predicted octanol–water partition coefficient (Wildman–Crippen LogP) is 15.5. The van der Waals surface area contributed by atoms with E-state index < -0.39 is 5.41 Å². The Morgan fingerprint density at radius 3 is 1.80 bits per heavy atom. The van der Waals surface area contributed by atoms with Crippen LogP contribution in [0.15, 0.2) is 243 Å². The summed E-state index contributed by atoms with van der Waals surface area (Å²) in [5, 5.41) is 3.45. The Balaban J connectivity index is 1.07. The second-order valence-electron chi connectivity index (χ2n) is 16.3. The van der Waals surface area contributed by atoms with Crippen LogP contribution in [0.4, 0.5) is 0 Å². The minimum Gasteiger partial charge on any atom is -0.247 e. The first-order valence-corrected chi connectivity index (χ1v) is 21.8. The standard InChI is InChI=1S/C61H43N3/c1-3-4-8-20-41(2)61(48-27-13-7-14-28-48)52-31-17-15-30-51(52)57-53(61)38-37-50-49-29-16-18-32-54(49)62-59(58(50)57)47-26-19-25-46(39-47)42-33-35-45(36-34-42)60-63-55(43-21-9-5-10-22-43)40-56(64-60)44-23-11-6-12-24-44/h3-40H,2H2,1H3/b4-3-,20-8-. The lowest BCUT2D eigenvalue weighted by Crippen LogP contribution is -2.28. The van der Waals surface area contributed by atoms with E-state index >= 15 is 0 Å². The monoisotopic (exact) mass is 817 g/mol. The van der Waals surface area contributed by atoms with Gasteiger partial charge < -0.3 is 0 Å². The van der Waals surface area contributed by atoms with Gasteiger partial charge in [0.15, 0.2) is 5.82 Å². The minimum absolute atomic E-state index is 0.613. The Morgan fingerprint density at radius 1 is 0.469 bits per heavy atom.